The SMILES string of the molecule is C.CC.CN1CCCC1=O. The highest BCUT2D eigenvalue weighted by molar-refractivity contribution is 5.77. The molecule has 0 aliphatic carbocycles. The summed E-state index contributed by atoms with van der Waals surface area (Å²) < 4.78 is 0. The Morgan fingerprint density at radius 2 is 1.90 bits per heavy atom. The maximum atomic E-state index is 10.5. The molecule has 0 spiro atoms. The van der Waals surface area contributed by atoms with Crippen molar-refractivity contribution in [3.63, 3.8) is 0 Å². The van der Waals surface area contributed by atoms with Crippen LogP contribution < -0.4 is 0 Å². The molecule has 0 saturated carbocycles. The Kier molecular flexibility index (Phi) is 8.02. The van der Waals surface area contributed by atoms with Crippen LogP contribution in [0.3, 0.4) is 0 Å². The fraction of sp³-hybridized carbons (Fsp3) is 0.875. The second-order valence-electron chi connectivity index (χ2n) is 1.92. The van der Waals surface area contributed by atoms with E-state index in [9.17, 15) is 4.79 Å². The summed E-state index contributed by atoms with van der Waals surface area (Å²) in [5, 5.41) is 0. The molecule has 0 aromatic carbocycles. The average Bonchev–Trinajstić information content (AvgIpc) is 2.23. The van der Waals surface area contributed by atoms with Gasteiger partial charge >= 0.3 is 0 Å². The second-order valence-corrected chi connectivity index (χ2v) is 1.92. The zero-order chi connectivity index (χ0) is 7.28. The van der Waals surface area contributed by atoms with Crippen molar-refractivity contribution in [2.24, 2.45) is 0 Å². The van der Waals surface area contributed by atoms with Gasteiger partial charge in [0.15, 0.2) is 0 Å². The van der Waals surface area contributed by atoms with Crippen molar-refractivity contribution in [2.75, 3.05) is 13.6 Å². The fourth-order valence-electron chi connectivity index (χ4n) is 0.783. The van der Waals surface area contributed by atoms with E-state index in [1.165, 1.54) is 0 Å². The number of hydrogen-bond acceptors (Lipinski definition) is 1. The van der Waals surface area contributed by atoms with Crippen LogP contribution in [-0.4, -0.2) is 24.4 Å². The highest BCUT2D eigenvalue weighted by Crippen LogP contribution is 2.04. The van der Waals surface area contributed by atoms with Crippen molar-refractivity contribution in [3.8, 4) is 0 Å². The Morgan fingerprint density at radius 1 is 1.40 bits per heavy atom. The maximum absolute atomic E-state index is 10.5. The molecule has 0 radical (unpaired) electrons. The fourth-order valence-corrected chi connectivity index (χ4v) is 0.783. The third-order valence-corrected chi connectivity index (χ3v) is 1.31. The zero-order valence-electron chi connectivity index (χ0n) is 6.48. The van der Waals surface area contributed by atoms with Crippen molar-refractivity contribution < 1.29 is 4.79 Å². The predicted molar refractivity (Wildman–Crippen MR) is 45.0 cm³/mol. The average molecular weight is 145 g/mol. The molecule has 1 saturated heterocycles. The van der Waals surface area contributed by atoms with Crippen molar-refractivity contribution in [1.29, 1.82) is 0 Å². The van der Waals surface area contributed by atoms with E-state index >= 15 is 0 Å². The summed E-state index contributed by atoms with van der Waals surface area (Å²) in [7, 11) is 1.84. The molecule has 1 fully saturated rings. The van der Waals surface area contributed by atoms with Gasteiger partial charge in [0.25, 0.3) is 0 Å². The second kappa shape index (κ2) is 6.59. The summed E-state index contributed by atoms with van der Waals surface area (Å²) in [5.41, 5.74) is 0. The molecule has 0 aromatic rings. The highest BCUT2D eigenvalue weighted by Gasteiger charge is 2.14. The first kappa shape index (κ1) is 12.2. The molecule has 2 heteroatoms. The molecule has 1 heterocycles. The van der Waals surface area contributed by atoms with Gasteiger partial charge in [-0.1, -0.05) is 21.3 Å². The lowest BCUT2D eigenvalue weighted by molar-refractivity contribution is -0.126. The van der Waals surface area contributed by atoms with Gasteiger partial charge in [0.05, 0.1) is 0 Å². The molecule has 0 aromatic heterocycles. The molecule has 1 aliphatic heterocycles. The first-order valence-corrected chi connectivity index (χ1v) is 3.54. The zero-order valence-corrected chi connectivity index (χ0v) is 6.48. The minimum Gasteiger partial charge on any atom is -0.346 e. The van der Waals surface area contributed by atoms with Crippen molar-refractivity contribution in [3.05, 3.63) is 0 Å². The van der Waals surface area contributed by atoms with Gasteiger partial charge in [0, 0.05) is 20.0 Å². The molecule has 0 N–H and O–H groups in total. The van der Waals surface area contributed by atoms with Gasteiger partial charge in [0.2, 0.25) is 5.91 Å². The molecule has 1 aliphatic rings. The Morgan fingerprint density at radius 3 is 2.00 bits per heavy atom. The lowest BCUT2D eigenvalue weighted by Gasteiger charge is -2.03. The minimum absolute atomic E-state index is 0. The summed E-state index contributed by atoms with van der Waals surface area (Å²) in [6.07, 6.45) is 1.81. The van der Waals surface area contributed by atoms with Crippen LogP contribution in [0.15, 0.2) is 0 Å². The van der Waals surface area contributed by atoms with E-state index in [1.54, 1.807) is 4.90 Å². The summed E-state index contributed by atoms with van der Waals surface area (Å²) in [6.45, 7) is 4.96. The van der Waals surface area contributed by atoms with Crippen LogP contribution in [-0.2, 0) is 4.79 Å². The Hall–Kier alpha value is -0.530. The molecule has 0 atom stereocenters. The largest absolute Gasteiger partial charge is 0.346 e. The van der Waals surface area contributed by atoms with Gasteiger partial charge in [-0.3, -0.25) is 4.79 Å². The standard InChI is InChI=1S/C5H9NO.C2H6.CH4/c1-6-4-2-3-5(6)7;1-2;/h2-4H2,1H3;1-2H3;1H4. The lowest BCUT2D eigenvalue weighted by Crippen LogP contribution is -2.17. The predicted octanol–water partition coefficient (Wildman–Crippen LogP) is 1.90. The summed E-state index contributed by atoms with van der Waals surface area (Å²) in [5.74, 6) is 0.292. The number of hydrogen-bond donors (Lipinski definition) is 0. The molecular weight excluding hydrogens is 126 g/mol. The number of carbonyl (C=O) groups excluding carboxylic acids is 1. The van der Waals surface area contributed by atoms with Crippen LogP contribution >= 0.6 is 0 Å². The third-order valence-electron chi connectivity index (χ3n) is 1.31. The van der Waals surface area contributed by atoms with Crippen LogP contribution in [0.2, 0.25) is 0 Å². The van der Waals surface area contributed by atoms with E-state index in [1.807, 2.05) is 20.9 Å². The van der Waals surface area contributed by atoms with Gasteiger partial charge in [-0.25, -0.2) is 0 Å². The monoisotopic (exact) mass is 145 g/mol. The van der Waals surface area contributed by atoms with Crippen LogP contribution in [0.1, 0.15) is 34.1 Å². The van der Waals surface area contributed by atoms with E-state index in [0.717, 1.165) is 19.4 Å². The van der Waals surface area contributed by atoms with E-state index in [0.29, 0.717) is 5.91 Å². The van der Waals surface area contributed by atoms with Gasteiger partial charge < -0.3 is 4.90 Å². The van der Waals surface area contributed by atoms with Crippen LogP contribution in [0.4, 0.5) is 0 Å². The number of amides is 1. The van der Waals surface area contributed by atoms with E-state index in [4.69, 9.17) is 0 Å². The Balaban J connectivity index is 0. The van der Waals surface area contributed by atoms with Gasteiger partial charge in [-0.2, -0.15) is 0 Å². The number of likely N-dealkylation sites (tertiary alicyclic amines) is 1. The lowest BCUT2D eigenvalue weighted by atomic mass is 10.4. The highest BCUT2D eigenvalue weighted by atomic mass is 16.2. The molecule has 10 heavy (non-hydrogen) atoms. The molecule has 0 bridgehead atoms. The molecule has 1 rings (SSSR count). The summed E-state index contributed by atoms with van der Waals surface area (Å²) in [4.78, 5) is 12.3. The van der Waals surface area contributed by atoms with Crippen LogP contribution in [0.25, 0.3) is 0 Å². The van der Waals surface area contributed by atoms with Gasteiger partial charge in [-0.15, -0.1) is 0 Å². The van der Waals surface area contributed by atoms with Gasteiger partial charge in [0.1, 0.15) is 0 Å². The van der Waals surface area contributed by atoms with Crippen molar-refractivity contribution >= 4 is 5.91 Å². The minimum atomic E-state index is 0. The quantitative estimate of drug-likeness (QED) is 0.510. The van der Waals surface area contributed by atoms with E-state index in [2.05, 4.69) is 0 Å². The third kappa shape index (κ3) is 3.49. The van der Waals surface area contributed by atoms with E-state index in [-0.39, 0.29) is 7.43 Å². The van der Waals surface area contributed by atoms with Gasteiger partial charge in [-0.05, 0) is 6.42 Å². The smallest absolute Gasteiger partial charge is 0.222 e. The number of nitrogens with zero attached hydrogens (tertiary/aromatic N) is 1. The first-order valence-electron chi connectivity index (χ1n) is 3.54. The van der Waals surface area contributed by atoms with E-state index < -0.39 is 0 Å². The van der Waals surface area contributed by atoms with Crippen molar-refractivity contribution in [1.82, 2.24) is 4.90 Å². The Labute approximate surface area is 64.2 Å². The molecule has 0 unspecified atom stereocenters. The van der Waals surface area contributed by atoms with Crippen LogP contribution in [0, 0.1) is 0 Å². The summed E-state index contributed by atoms with van der Waals surface area (Å²) >= 11 is 0. The molecule has 2 nitrogen and oxygen atoms in total. The number of carbonyl (C=O) groups is 1. The molecular formula is C8H19NO. The molecule has 1 amide bonds. The topological polar surface area (TPSA) is 20.3 Å². The number of rotatable bonds is 0. The summed E-state index contributed by atoms with van der Waals surface area (Å²) in [6, 6.07) is 0. The Bertz CT molecular complexity index is 91.3. The maximum Gasteiger partial charge on any atom is 0.222 e. The van der Waals surface area contributed by atoms with Crippen molar-refractivity contribution in [2.45, 2.75) is 34.1 Å². The molecule has 62 valence electrons. The normalized spacial score (nSPS) is 15.5. The van der Waals surface area contributed by atoms with Crippen LogP contribution in [0.5, 0.6) is 0 Å². The first-order chi connectivity index (χ1) is 4.30.